The molecule has 2 nitrogen and oxygen atoms in total. The van der Waals surface area contributed by atoms with E-state index in [4.69, 9.17) is 0 Å². The third-order valence-corrected chi connectivity index (χ3v) is 5.54. The molecule has 18 heavy (non-hydrogen) atoms. The maximum absolute atomic E-state index is 3.63. The van der Waals surface area contributed by atoms with Gasteiger partial charge in [0.05, 0.1) is 0 Å². The molecule has 2 rings (SSSR count). The van der Waals surface area contributed by atoms with Gasteiger partial charge in [0.1, 0.15) is 0 Å². The van der Waals surface area contributed by atoms with Crippen LogP contribution in [0.2, 0.25) is 0 Å². The van der Waals surface area contributed by atoms with Crippen molar-refractivity contribution in [2.24, 2.45) is 17.8 Å². The van der Waals surface area contributed by atoms with E-state index in [2.05, 4.69) is 38.0 Å². The Morgan fingerprint density at radius 3 is 2.56 bits per heavy atom. The second kappa shape index (κ2) is 6.38. The molecule has 106 valence electrons. The Bertz CT molecular complexity index is 253. The number of nitrogens with zero attached hydrogens (tertiary/aromatic N) is 1. The molecule has 0 aromatic rings. The summed E-state index contributed by atoms with van der Waals surface area (Å²) in [4.78, 5) is 2.60. The minimum Gasteiger partial charge on any atom is -0.313 e. The molecule has 1 N–H and O–H groups in total. The first-order chi connectivity index (χ1) is 8.61. The number of hydrogen-bond acceptors (Lipinski definition) is 2. The zero-order valence-electron chi connectivity index (χ0n) is 12.8. The van der Waals surface area contributed by atoms with Crippen molar-refractivity contribution in [2.75, 3.05) is 20.1 Å². The molecule has 0 amide bonds. The van der Waals surface area contributed by atoms with Crippen molar-refractivity contribution in [3.8, 4) is 0 Å². The second-order valence-electron chi connectivity index (χ2n) is 6.86. The first kappa shape index (κ1) is 14.3. The van der Waals surface area contributed by atoms with Crippen molar-refractivity contribution in [2.45, 2.75) is 65.0 Å². The third-order valence-electron chi connectivity index (χ3n) is 5.54. The highest BCUT2D eigenvalue weighted by atomic mass is 15.2. The standard InChI is InChI=1S/C16H32N2/c1-5-8-17-12(2)13(3)18(4)11-16-10-14-6-7-15(16)9-14/h12-17H,5-11H2,1-4H3. The molecule has 5 atom stereocenters. The molecular formula is C16H32N2. The van der Waals surface area contributed by atoms with Crippen LogP contribution >= 0.6 is 0 Å². The molecule has 0 heterocycles. The quantitative estimate of drug-likeness (QED) is 0.749. The van der Waals surface area contributed by atoms with Crippen LogP contribution in [0.25, 0.3) is 0 Å². The molecule has 0 saturated heterocycles. The van der Waals surface area contributed by atoms with Crippen molar-refractivity contribution in [3.05, 3.63) is 0 Å². The summed E-state index contributed by atoms with van der Waals surface area (Å²) in [5.41, 5.74) is 0. The molecule has 0 aromatic carbocycles. The van der Waals surface area contributed by atoms with Crippen LogP contribution in [0, 0.1) is 17.8 Å². The number of rotatable bonds is 7. The Balaban J connectivity index is 1.75. The molecule has 2 aliphatic carbocycles. The van der Waals surface area contributed by atoms with E-state index in [9.17, 15) is 0 Å². The van der Waals surface area contributed by atoms with Gasteiger partial charge < -0.3 is 10.2 Å². The SMILES string of the molecule is CCCNC(C)C(C)N(C)CC1CC2CCC1C2. The van der Waals surface area contributed by atoms with E-state index < -0.39 is 0 Å². The maximum atomic E-state index is 3.63. The lowest BCUT2D eigenvalue weighted by Crippen LogP contribution is -2.47. The summed E-state index contributed by atoms with van der Waals surface area (Å²) >= 11 is 0. The molecule has 5 unspecified atom stereocenters. The molecule has 0 radical (unpaired) electrons. The van der Waals surface area contributed by atoms with E-state index in [0.29, 0.717) is 12.1 Å². The predicted molar refractivity (Wildman–Crippen MR) is 78.8 cm³/mol. The first-order valence-corrected chi connectivity index (χ1v) is 8.05. The van der Waals surface area contributed by atoms with Gasteiger partial charge in [0.15, 0.2) is 0 Å². The van der Waals surface area contributed by atoms with Gasteiger partial charge in [-0.05, 0) is 70.9 Å². The first-order valence-electron chi connectivity index (χ1n) is 8.05. The monoisotopic (exact) mass is 252 g/mol. The van der Waals surface area contributed by atoms with Gasteiger partial charge in [-0.1, -0.05) is 13.3 Å². The Morgan fingerprint density at radius 1 is 1.22 bits per heavy atom. The van der Waals surface area contributed by atoms with Crippen molar-refractivity contribution in [3.63, 3.8) is 0 Å². The molecule has 0 aromatic heterocycles. The van der Waals surface area contributed by atoms with Crippen molar-refractivity contribution < 1.29 is 0 Å². The van der Waals surface area contributed by atoms with E-state index in [1.54, 1.807) is 0 Å². The van der Waals surface area contributed by atoms with Gasteiger partial charge in [-0.15, -0.1) is 0 Å². The largest absolute Gasteiger partial charge is 0.313 e. The highest BCUT2D eigenvalue weighted by Gasteiger charge is 2.40. The zero-order chi connectivity index (χ0) is 13.1. The van der Waals surface area contributed by atoms with Crippen LogP contribution in [0.1, 0.15) is 52.9 Å². The molecule has 2 bridgehead atoms. The van der Waals surface area contributed by atoms with Gasteiger partial charge in [-0.25, -0.2) is 0 Å². The molecule has 2 aliphatic rings. The Morgan fingerprint density at radius 2 is 2.00 bits per heavy atom. The number of hydrogen-bond donors (Lipinski definition) is 1. The molecule has 0 spiro atoms. The van der Waals surface area contributed by atoms with E-state index in [1.807, 2.05) is 0 Å². The molecule has 2 saturated carbocycles. The summed E-state index contributed by atoms with van der Waals surface area (Å²) in [5, 5.41) is 3.63. The number of fused-ring (bicyclic) bond motifs is 2. The molecule has 2 heteroatoms. The van der Waals surface area contributed by atoms with Crippen LogP contribution in [0.3, 0.4) is 0 Å². The van der Waals surface area contributed by atoms with Crippen LogP contribution in [-0.4, -0.2) is 37.1 Å². The minimum absolute atomic E-state index is 0.605. The average molecular weight is 252 g/mol. The minimum atomic E-state index is 0.605. The highest BCUT2D eigenvalue weighted by Crippen LogP contribution is 2.48. The summed E-state index contributed by atoms with van der Waals surface area (Å²) in [7, 11) is 2.32. The predicted octanol–water partition coefficient (Wildman–Crippen LogP) is 3.13. The average Bonchev–Trinajstić information content (AvgIpc) is 2.97. The van der Waals surface area contributed by atoms with Crippen LogP contribution in [-0.2, 0) is 0 Å². The van der Waals surface area contributed by atoms with Crippen molar-refractivity contribution >= 4 is 0 Å². The van der Waals surface area contributed by atoms with E-state index in [1.165, 1.54) is 38.6 Å². The number of likely N-dealkylation sites (N-methyl/N-ethyl adjacent to an activating group) is 1. The van der Waals surface area contributed by atoms with Gasteiger partial charge in [0, 0.05) is 18.6 Å². The molecular weight excluding hydrogens is 220 g/mol. The lowest BCUT2D eigenvalue weighted by atomic mass is 9.88. The fourth-order valence-corrected chi connectivity index (χ4v) is 4.06. The van der Waals surface area contributed by atoms with Crippen LogP contribution in [0.4, 0.5) is 0 Å². The maximum Gasteiger partial charge on any atom is 0.0215 e. The van der Waals surface area contributed by atoms with Crippen LogP contribution in [0.15, 0.2) is 0 Å². The van der Waals surface area contributed by atoms with Gasteiger partial charge in [0.25, 0.3) is 0 Å². The van der Waals surface area contributed by atoms with Crippen LogP contribution < -0.4 is 5.32 Å². The summed E-state index contributed by atoms with van der Waals surface area (Å²) in [6, 6.07) is 1.25. The Kier molecular flexibility index (Phi) is 5.08. The van der Waals surface area contributed by atoms with E-state index >= 15 is 0 Å². The summed E-state index contributed by atoms with van der Waals surface area (Å²) in [5.74, 6) is 3.14. The lowest BCUT2D eigenvalue weighted by Gasteiger charge is -2.34. The lowest BCUT2D eigenvalue weighted by molar-refractivity contribution is 0.158. The normalized spacial score (nSPS) is 34.2. The fraction of sp³-hybridized carbons (Fsp3) is 1.00. The number of nitrogens with one attached hydrogen (secondary N) is 1. The summed E-state index contributed by atoms with van der Waals surface area (Å²) < 4.78 is 0. The van der Waals surface area contributed by atoms with Gasteiger partial charge >= 0.3 is 0 Å². The van der Waals surface area contributed by atoms with E-state index in [-0.39, 0.29) is 0 Å². The smallest absolute Gasteiger partial charge is 0.0215 e. The van der Waals surface area contributed by atoms with Crippen molar-refractivity contribution in [1.29, 1.82) is 0 Å². The van der Waals surface area contributed by atoms with Crippen molar-refractivity contribution in [1.82, 2.24) is 10.2 Å². The topological polar surface area (TPSA) is 15.3 Å². The van der Waals surface area contributed by atoms with Gasteiger partial charge in [0.2, 0.25) is 0 Å². The van der Waals surface area contributed by atoms with Gasteiger partial charge in [-0.3, -0.25) is 0 Å². The summed E-state index contributed by atoms with van der Waals surface area (Å²) in [6.07, 6.45) is 7.32. The van der Waals surface area contributed by atoms with Gasteiger partial charge in [-0.2, -0.15) is 0 Å². The second-order valence-corrected chi connectivity index (χ2v) is 6.86. The third kappa shape index (κ3) is 3.27. The summed E-state index contributed by atoms with van der Waals surface area (Å²) in [6.45, 7) is 9.41. The zero-order valence-corrected chi connectivity index (χ0v) is 12.8. The highest BCUT2D eigenvalue weighted by molar-refractivity contribution is 4.91. The fourth-order valence-electron chi connectivity index (χ4n) is 4.06. The van der Waals surface area contributed by atoms with E-state index in [0.717, 1.165) is 24.3 Å². The Hall–Kier alpha value is -0.0800. The van der Waals surface area contributed by atoms with Crippen LogP contribution in [0.5, 0.6) is 0 Å². The Labute approximate surface area is 114 Å². The molecule has 2 fully saturated rings. The molecule has 0 aliphatic heterocycles.